The van der Waals surface area contributed by atoms with Crippen molar-refractivity contribution in [3.8, 4) is 0 Å². The summed E-state index contributed by atoms with van der Waals surface area (Å²) in [5.74, 6) is -0.359. The van der Waals surface area contributed by atoms with Gasteiger partial charge in [-0.1, -0.05) is 54.1 Å². The monoisotopic (exact) mass is 438 g/mol. The molecule has 0 spiro atoms. The van der Waals surface area contributed by atoms with Gasteiger partial charge in [0.1, 0.15) is 0 Å². The second-order valence-electron chi connectivity index (χ2n) is 7.76. The molecular weight excluding hydrogens is 412 g/mol. The van der Waals surface area contributed by atoms with Gasteiger partial charge in [-0.3, -0.25) is 14.3 Å². The molecular formula is C24H27ClN4O2. The van der Waals surface area contributed by atoms with Crippen LogP contribution in [0, 0.1) is 0 Å². The van der Waals surface area contributed by atoms with Crippen molar-refractivity contribution in [2.45, 2.75) is 38.9 Å². The first-order valence-electron chi connectivity index (χ1n) is 10.2. The second-order valence-corrected chi connectivity index (χ2v) is 8.17. The average Bonchev–Trinajstić information content (AvgIpc) is 3.17. The van der Waals surface area contributed by atoms with Crippen molar-refractivity contribution in [3.05, 3.63) is 88.7 Å². The van der Waals surface area contributed by atoms with Gasteiger partial charge in [0.05, 0.1) is 29.2 Å². The molecule has 3 rings (SSSR count). The van der Waals surface area contributed by atoms with Crippen LogP contribution >= 0.6 is 11.6 Å². The van der Waals surface area contributed by atoms with Crippen LogP contribution in [0.2, 0.25) is 5.02 Å². The Labute approximate surface area is 187 Å². The normalized spacial score (nSPS) is 11.9. The first-order valence-corrected chi connectivity index (χ1v) is 10.6. The van der Waals surface area contributed by atoms with Crippen LogP contribution in [0.1, 0.15) is 47.8 Å². The summed E-state index contributed by atoms with van der Waals surface area (Å²) in [4.78, 5) is 28.0. The molecule has 0 bridgehead atoms. The van der Waals surface area contributed by atoms with Gasteiger partial charge < -0.3 is 10.2 Å². The molecule has 1 heterocycles. The highest BCUT2D eigenvalue weighted by Gasteiger charge is 2.25. The number of hydrogen-bond donors (Lipinski definition) is 1. The Morgan fingerprint density at radius 3 is 2.39 bits per heavy atom. The highest BCUT2D eigenvalue weighted by atomic mass is 35.5. The quantitative estimate of drug-likeness (QED) is 0.567. The minimum Gasteiger partial charge on any atom is -0.345 e. The van der Waals surface area contributed by atoms with Crippen LogP contribution in [-0.4, -0.2) is 32.5 Å². The fourth-order valence-electron chi connectivity index (χ4n) is 3.42. The third-order valence-corrected chi connectivity index (χ3v) is 5.39. The molecule has 2 amide bonds. The highest BCUT2D eigenvalue weighted by molar-refractivity contribution is 6.33. The van der Waals surface area contributed by atoms with Crippen LogP contribution in [-0.2, 0) is 18.4 Å². The summed E-state index contributed by atoms with van der Waals surface area (Å²) in [5, 5.41) is 7.56. The molecule has 3 aromatic rings. The molecule has 162 valence electrons. The molecule has 1 aromatic heterocycles. The Kier molecular flexibility index (Phi) is 7.47. The van der Waals surface area contributed by atoms with Gasteiger partial charge in [-0.25, -0.2) is 0 Å². The Bertz CT molecular complexity index is 1030. The number of nitrogens with zero attached hydrogens (tertiary/aromatic N) is 3. The van der Waals surface area contributed by atoms with E-state index in [2.05, 4.69) is 10.4 Å². The third kappa shape index (κ3) is 5.95. The number of rotatable bonds is 8. The zero-order valence-electron chi connectivity index (χ0n) is 18.0. The Morgan fingerprint density at radius 1 is 1.10 bits per heavy atom. The molecule has 0 aliphatic heterocycles. The Morgan fingerprint density at radius 2 is 1.77 bits per heavy atom. The Hall–Kier alpha value is -3.12. The molecule has 0 fully saturated rings. The van der Waals surface area contributed by atoms with Crippen molar-refractivity contribution >= 4 is 23.4 Å². The van der Waals surface area contributed by atoms with Gasteiger partial charge in [-0.05, 0) is 31.5 Å². The lowest BCUT2D eigenvalue weighted by molar-refractivity contribution is -0.134. The van der Waals surface area contributed by atoms with E-state index in [9.17, 15) is 9.59 Å². The number of hydrogen-bond acceptors (Lipinski definition) is 3. The van der Waals surface area contributed by atoms with Crippen LogP contribution < -0.4 is 5.32 Å². The van der Waals surface area contributed by atoms with Crippen LogP contribution in [0.25, 0.3) is 0 Å². The number of nitrogens with one attached hydrogen (secondary N) is 1. The van der Waals surface area contributed by atoms with E-state index in [0.717, 1.165) is 11.1 Å². The molecule has 1 atom stereocenters. The van der Waals surface area contributed by atoms with Crippen molar-refractivity contribution in [2.24, 2.45) is 7.05 Å². The second kappa shape index (κ2) is 10.3. The lowest BCUT2D eigenvalue weighted by Gasteiger charge is -2.29. The SMILES string of the molecule is CC(C)N(Cc1cnn(C)c1)C(=O)CC(NC(=O)c1ccccc1Cl)c1ccccc1. The predicted octanol–water partition coefficient (Wildman–Crippen LogP) is 4.37. The van der Waals surface area contributed by atoms with Crippen molar-refractivity contribution in [1.29, 1.82) is 0 Å². The summed E-state index contributed by atoms with van der Waals surface area (Å²) in [6, 6.07) is 15.9. The van der Waals surface area contributed by atoms with Crippen molar-refractivity contribution in [2.75, 3.05) is 0 Å². The standard InChI is InChI=1S/C24H27ClN4O2/c1-17(2)29(16-18-14-26-28(3)15-18)23(30)13-22(19-9-5-4-6-10-19)27-24(31)20-11-7-8-12-21(20)25/h4-12,14-15,17,22H,13,16H2,1-3H3,(H,27,31). The number of benzene rings is 2. The van der Waals surface area contributed by atoms with Crippen molar-refractivity contribution in [3.63, 3.8) is 0 Å². The van der Waals surface area contributed by atoms with Crippen LogP contribution in [0.4, 0.5) is 0 Å². The lowest BCUT2D eigenvalue weighted by atomic mass is 10.0. The van der Waals surface area contributed by atoms with Gasteiger partial charge in [0.15, 0.2) is 0 Å². The summed E-state index contributed by atoms with van der Waals surface area (Å²) in [5.41, 5.74) is 2.20. The average molecular weight is 439 g/mol. The van der Waals surface area contributed by atoms with Gasteiger partial charge in [-0.2, -0.15) is 5.10 Å². The maximum atomic E-state index is 13.3. The number of halogens is 1. The largest absolute Gasteiger partial charge is 0.345 e. The lowest BCUT2D eigenvalue weighted by Crippen LogP contribution is -2.39. The fraction of sp³-hybridized carbons (Fsp3) is 0.292. The van der Waals surface area contributed by atoms with Gasteiger partial charge in [-0.15, -0.1) is 0 Å². The zero-order valence-corrected chi connectivity index (χ0v) is 18.7. The molecule has 0 aliphatic rings. The van der Waals surface area contributed by atoms with E-state index in [1.807, 2.05) is 57.4 Å². The van der Waals surface area contributed by atoms with Gasteiger partial charge >= 0.3 is 0 Å². The fourth-order valence-corrected chi connectivity index (χ4v) is 3.64. The molecule has 6 nitrogen and oxygen atoms in total. The maximum absolute atomic E-state index is 13.3. The topological polar surface area (TPSA) is 67.2 Å². The van der Waals surface area contributed by atoms with Crippen molar-refractivity contribution < 1.29 is 9.59 Å². The molecule has 0 aliphatic carbocycles. The predicted molar refractivity (Wildman–Crippen MR) is 122 cm³/mol. The number of carbonyl (C=O) groups is 2. The van der Waals surface area contributed by atoms with E-state index < -0.39 is 6.04 Å². The molecule has 0 radical (unpaired) electrons. The molecule has 1 N–H and O–H groups in total. The van der Waals surface area contributed by atoms with Crippen molar-refractivity contribution in [1.82, 2.24) is 20.0 Å². The first kappa shape index (κ1) is 22.6. The molecule has 0 saturated heterocycles. The summed E-state index contributed by atoms with van der Waals surface area (Å²) < 4.78 is 1.72. The van der Waals surface area contributed by atoms with E-state index in [-0.39, 0.29) is 24.3 Å². The zero-order chi connectivity index (χ0) is 22.4. The molecule has 7 heteroatoms. The van der Waals surface area contributed by atoms with E-state index in [1.54, 1.807) is 40.0 Å². The first-order chi connectivity index (χ1) is 14.8. The summed E-state index contributed by atoms with van der Waals surface area (Å²) in [6.07, 6.45) is 3.80. The van der Waals surface area contributed by atoms with Crippen LogP contribution in [0.5, 0.6) is 0 Å². The summed E-state index contributed by atoms with van der Waals surface area (Å²) in [6.45, 7) is 4.42. The molecule has 1 unspecified atom stereocenters. The molecule has 0 saturated carbocycles. The number of carbonyl (C=O) groups excluding carboxylic acids is 2. The summed E-state index contributed by atoms with van der Waals surface area (Å²) in [7, 11) is 1.85. The number of aromatic nitrogens is 2. The smallest absolute Gasteiger partial charge is 0.253 e. The molecule has 31 heavy (non-hydrogen) atoms. The molecule has 2 aromatic carbocycles. The summed E-state index contributed by atoms with van der Waals surface area (Å²) >= 11 is 6.19. The van der Waals surface area contributed by atoms with E-state index in [4.69, 9.17) is 11.6 Å². The highest BCUT2D eigenvalue weighted by Crippen LogP contribution is 2.22. The maximum Gasteiger partial charge on any atom is 0.253 e. The minimum absolute atomic E-state index is 0.00315. The van der Waals surface area contributed by atoms with Crippen LogP contribution in [0.15, 0.2) is 67.0 Å². The van der Waals surface area contributed by atoms with E-state index in [1.165, 1.54) is 0 Å². The Balaban J connectivity index is 1.81. The minimum atomic E-state index is -0.479. The van der Waals surface area contributed by atoms with Gasteiger partial charge in [0.25, 0.3) is 5.91 Å². The van der Waals surface area contributed by atoms with E-state index >= 15 is 0 Å². The van der Waals surface area contributed by atoms with Gasteiger partial charge in [0, 0.05) is 31.4 Å². The number of aryl methyl sites for hydroxylation is 1. The van der Waals surface area contributed by atoms with E-state index in [0.29, 0.717) is 17.1 Å². The number of amides is 2. The third-order valence-electron chi connectivity index (χ3n) is 5.06. The van der Waals surface area contributed by atoms with Crippen LogP contribution in [0.3, 0.4) is 0 Å². The van der Waals surface area contributed by atoms with Gasteiger partial charge in [0.2, 0.25) is 5.91 Å².